The molecule has 2 amide bonds. The van der Waals surface area contributed by atoms with Crippen LogP contribution < -0.4 is 10.1 Å². The molecule has 0 unspecified atom stereocenters. The summed E-state index contributed by atoms with van der Waals surface area (Å²) in [7, 11) is 1.59. The number of methoxy groups -OCH3 is 1. The predicted molar refractivity (Wildman–Crippen MR) is 131 cm³/mol. The van der Waals surface area contributed by atoms with Gasteiger partial charge < -0.3 is 19.5 Å². The molecule has 1 atom stereocenters. The Labute approximate surface area is 202 Å². The van der Waals surface area contributed by atoms with E-state index in [9.17, 15) is 14.0 Å². The van der Waals surface area contributed by atoms with Gasteiger partial charge in [0, 0.05) is 29.6 Å². The van der Waals surface area contributed by atoms with Crippen molar-refractivity contribution in [1.82, 2.24) is 14.8 Å². The zero-order valence-electron chi connectivity index (χ0n) is 19.6. The fraction of sp³-hybridized carbons (Fsp3) is 0.214. The Bertz CT molecular complexity index is 1410. The second-order valence-electron chi connectivity index (χ2n) is 8.96. The molecule has 2 heterocycles. The summed E-state index contributed by atoms with van der Waals surface area (Å²) in [5, 5.41) is 3.96. The van der Waals surface area contributed by atoms with Gasteiger partial charge in [-0.05, 0) is 42.8 Å². The van der Waals surface area contributed by atoms with Gasteiger partial charge in [0.15, 0.2) is 0 Å². The molecule has 1 aromatic heterocycles. The highest BCUT2D eigenvalue weighted by molar-refractivity contribution is 6.03. The number of nitrogens with one attached hydrogen (secondary N) is 1. The number of rotatable bonds is 6. The molecule has 5 rings (SSSR count). The summed E-state index contributed by atoms with van der Waals surface area (Å²) in [5.41, 5.74) is 1.84. The van der Waals surface area contributed by atoms with E-state index in [4.69, 9.17) is 4.74 Å². The van der Waals surface area contributed by atoms with Crippen molar-refractivity contribution < 1.29 is 18.7 Å². The topological polar surface area (TPSA) is 63.6 Å². The Morgan fingerprint density at radius 3 is 2.54 bits per heavy atom. The highest BCUT2D eigenvalue weighted by Gasteiger charge is 2.47. The number of halogens is 1. The number of carbonyl (C=O) groups excluding carboxylic acids is 2. The quantitative estimate of drug-likeness (QED) is 0.450. The third-order valence-corrected chi connectivity index (χ3v) is 6.71. The lowest BCUT2D eigenvalue weighted by Gasteiger charge is -2.44. The zero-order chi connectivity index (χ0) is 24.6. The number of ether oxygens (including phenoxy) is 1. The van der Waals surface area contributed by atoms with Crippen LogP contribution in [0.3, 0.4) is 0 Å². The van der Waals surface area contributed by atoms with Crippen molar-refractivity contribution in [2.75, 3.05) is 7.11 Å². The lowest BCUT2D eigenvalue weighted by atomic mass is 9.93. The molecular weight excluding hydrogens is 445 g/mol. The Morgan fingerprint density at radius 1 is 1.06 bits per heavy atom. The van der Waals surface area contributed by atoms with E-state index in [1.807, 2.05) is 59.2 Å². The summed E-state index contributed by atoms with van der Waals surface area (Å²) >= 11 is 0. The van der Waals surface area contributed by atoms with Gasteiger partial charge in [-0.2, -0.15) is 0 Å². The fourth-order valence-corrected chi connectivity index (χ4v) is 4.74. The molecule has 0 spiro atoms. The molecule has 3 aromatic carbocycles. The maximum Gasteiger partial charge on any atom is 0.271 e. The number of nitrogens with zero attached hydrogens (tertiary/aromatic N) is 2. The van der Waals surface area contributed by atoms with Gasteiger partial charge in [-0.15, -0.1) is 0 Å². The molecule has 0 radical (unpaired) electrons. The Balaban J connectivity index is 1.52. The van der Waals surface area contributed by atoms with Crippen LogP contribution in [0.15, 0.2) is 78.9 Å². The first kappa shape index (κ1) is 22.7. The van der Waals surface area contributed by atoms with E-state index in [0.29, 0.717) is 18.0 Å². The maximum atomic E-state index is 13.8. The van der Waals surface area contributed by atoms with Crippen molar-refractivity contribution in [3.63, 3.8) is 0 Å². The minimum atomic E-state index is -1.18. The maximum absolute atomic E-state index is 13.8. The van der Waals surface area contributed by atoms with Crippen molar-refractivity contribution >= 4 is 22.7 Å². The summed E-state index contributed by atoms with van der Waals surface area (Å²) in [4.78, 5) is 29.1. The van der Waals surface area contributed by atoms with E-state index in [1.54, 1.807) is 31.1 Å². The number of fused-ring (bicyclic) bond motifs is 3. The summed E-state index contributed by atoms with van der Waals surface area (Å²) in [6, 6.07) is 23.1. The van der Waals surface area contributed by atoms with Crippen molar-refractivity contribution in [2.45, 2.75) is 32.1 Å². The van der Waals surface area contributed by atoms with E-state index >= 15 is 0 Å². The Hall–Kier alpha value is -4.13. The first-order chi connectivity index (χ1) is 16.9. The van der Waals surface area contributed by atoms with Gasteiger partial charge in [0.25, 0.3) is 5.91 Å². The molecule has 0 saturated heterocycles. The summed E-state index contributed by atoms with van der Waals surface area (Å²) in [6.07, 6.45) is 0. The van der Waals surface area contributed by atoms with Gasteiger partial charge in [-0.1, -0.05) is 48.5 Å². The zero-order valence-corrected chi connectivity index (χ0v) is 19.6. The van der Waals surface area contributed by atoms with Gasteiger partial charge in [-0.3, -0.25) is 9.59 Å². The molecule has 1 aliphatic rings. The molecule has 178 valence electrons. The fourth-order valence-electron chi connectivity index (χ4n) is 4.74. The van der Waals surface area contributed by atoms with Crippen LogP contribution in [0.25, 0.3) is 10.9 Å². The molecular formula is C28H26FN3O3. The van der Waals surface area contributed by atoms with Gasteiger partial charge in [0.05, 0.1) is 13.7 Å². The predicted octanol–water partition coefficient (Wildman–Crippen LogP) is 4.52. The van der Waals surface area contributed by atoms with E-state index < -0.39 is 5.54 Å². The Kier molecular flexibility index (Phi) is 5.76. The van der Waals surface area contributed by atoms with Gasteiger partial charge in [0.1, 0.15) is 22.8 Å². The molecule has 0 bridgehead atoms. The molecule has 1 aliphatic heterocycles. The normalized spacial score (nSPS) is 17.3. The lowest BCUT2D eigenvalue weighted by molar-refractivity contribution is -0.133. The molecule has 4 aromatic rings. The third kappa shape index (κ3) is 4.03. The largest absolute Gasteiger partial charge is 0.496 e. The van der Waals surface area contributed by atoms with Crippen LogP contribution in [-0.4, -0.2) is 33.9 Å². The number of hydrogen-bond donors (Lipinski definition) is 1. The first-order valence-corrected chi connectivity index (χ1v) is 11.5. The average Bonchev–Trinajstić information content (AvgIpc) is 3.24. The van der Waals surface area contributed by atoms with Crippen LogP contribution in [0.4, 0.5) is 4.39 Å². The molecule has 7 heteroatoms. The molecule has 0 aliphatic carbocycles. The van der Waals surface area contributed by atoms with Gasteiger partial charge in [0.2, 0.25) is 5.91 Å². The van der Waals surface area contributed by atoms with Crippen LogP contribution >= 0.6 is 0 Å². The minimum absolute atomic E-state index is 0.180. The SMILES string of the molecule is COc1ccccc1CNC(=O)[C@@]1(C)Cn2c(cc3ccccc32)C(=O)N1Cc1ccc(F)cc1. The van der Waals surface area contributed by atoms with Crippen molar-refractivity contribution in [3.8, 4) is 5.75 Å². The van der Waals surface area contributed by atoms with Crippen LogP contribution in [0.1, 0.15) is 28.5 Å². The third-order valence-electron chi connectivity index (χ3n) is 6.71. The van der Waals surface area contributed by atoms with Gasteiger partial charge in [-0.25, -0.2) is 4.39 Å². The van der Waals surface area contributed by atoms with Crippen molar-refractivity contribution in [2.24, 2.45) is 0 Å². The van der Waals surface area contributed by atoms with E-state index in [-0.39, 0.29) is 30.7 Å². The average molecular weight is 472 g/mol. The van der Waals surface area contributed by atoms with Crippen LogP contribution in [0, 0.1) is 5.82 Å². The number of benzene rings is 3. The van der Waals surface area contributed by atoms with Crippen LogP contribution in [-0.2, 0) is 24.4 Å². The molecule has 35 heavy (non-hydrogen) atoms. The molecule has 1 N–H and O–H groups in total. The number of hydrogen-bond acceptors (Lipinski definition) is 3. The van der Waals surface area contributed by atoms with Gasteiger partial charge >= 0.3 is 0 Å². The van der Waals surface area contributed by atoms with E-state index in [2.05, 4.69) is 5.32 Å². The number of aromatic nitrogens is 1. The second-order valence-corrected chi connectivity index (χ2v) is 8.96. The molecule has 0 saturated carbocycles. The number of amides is 2. The highest BCUT2D eigenvalue weighted by atomic mass is 19.1. The standard InChI is InChI=1S/C28H26FN3O3/c1-28(27(34)30-16-21-8-4-6-10-25(21)35-2)18-31-23-9-5-3-7-20(23)15-24(31)26(33)32(28)17-19-11-13-22(29)14-12-19/h3-15H,16-18H2,1-2H3,(H,30,34)/t28-/m1/s1. The summed E-state index contributed by atoms with van der Waals surface area (Å²) < 4.78 is 20.8. The van der Waals surface area contributed by atoms with E-state index in [0.717, 1.165) is 22.0 Å². The summed E-state index contributed by atoms with van der Waals surface area (Å²) in [6.45, 7) is 2.51. The van der Waals surface area contributed by atoms with E-state index in [1.165, 1.54) is 12.1 Å². The number of carbonyl (C=O) groups is 2. The second kappa shape index (κ2) is 8.91. The minimum Gasteiger partial charge on any atom is -0.496 e. The lowest BCUT2D eigenvalue weighted by Crippen LogP contribution is -2.63. The first-order valence-electron chi connectivity index (χ1n) is 11.5. The monoisotopic (exact) mass is 471 g/mol. The smallest absolute Gasteiger partial charge is 0.271 e. The van der Waals surface area contributed by atoms with Crippen molar-refractivity contribution in [1.29, 1.82) is 0 Å². The van der Waals surface area contributed by atoms with Crippen LogP contribution in [0.2, 0.25) is 0 Å². The number of para-hydroxylation sites is 2. The van der Waals surface area contributed by atoms with Crippen LogP contribution in [0.5, 0.6) is 5.75 Å². The molecule has 6 nitrogen and oxygen atoms in total. The highest BCUT2D eigenvalue weighted by Crippen LogP contribution is 2.33. The Morgan fingerprint density at radius 2 is 1.77 bits per heavy atom. The molecule has 0 fully saturated rings. The summed E-state index contributed by atoms with van der Waals surface area (Å²) in [5.74, 6) is -0.190. The van der Waals surface area contributed by atoms with Crippen molar-refractivity contribution in [3.05, 3.63) is 102 Å².